The largest absolute Gasteiger partial charge is 0.481 e. The molecule has 8 nitrogen and oxygen atoms in total. The van der Waals surface area contributed by atoms with Gasteiger partial charge in [-0.15, -0.1) is 0 Å². The number of methoxy groups -OCH3 is 1. The summed E-state index contributed by atoms with van der Waals surface area (Å²) < 4.78 is 24.5. The summed E-state index contributed by atoms with van der Waals surface area (Å²) in [5.74, 6) is 1.59. The van der Waals surface area contributed by atoms with Gasteiger partial charge < -0.3 is 9.64 Å². The van der Waals surface area contributed by atoms with Gasteiger partial charge in [0, 0.05) is 25.4 Å². The van der Waals surface area contributed by atoms with Crippen molar-refractivity contribution in [3.63, 3.8) is 0 Å². The van der Waals surface area contributed by atoms with E-state index in [0.717, 1.165) is 59.5 Å². The highest BCUT2D eigenvalue weighted by Crippen LogP contribution is 2.53. The second kappa shape index (κ2) is 8.57. The molecule has 2 atom stereocenters. The fraction of sp³-hybridized carbons (Fsp3) is 0.542. The first-order valence-corrected chi connectivity index (χ1v) is 13.5. The van der Waals surface area contributed by atoms with Crippen LogP contribution in [0.3, 0.4) is 0 Å². The second-order valence-electron chi connectivity index (χ2n) is 10.3. The Labute approximate surface area is 211 Å². The van der Waals surface area contributed by atoms with Gasteiger partial charge in [-0.25, -0.2) is 23.4 Å². The molecule has 4 heterocycles. The van der Waals surface area contributed by atoms with E-state index in [9.17, 15) is 4.21 Å². The minimum Gasteiger partial charge on any atom is -0.481 e. The van der Waals surface area contributed by atoms with Crippen molar-refractivity contribution in [1.82, 2.24) is 24.3 Å². The standard InChI is InChI=1S/C24H31BrN6O2S/c1-15-21(25)31-18(6-9-27-31)22(28-15)30-10-7-24(8-11-30)13-16-12-19(33-5)26-14-17(16)20(24)29-34(32)23(2,3)4/h6,9,12,14,20,29H,7-8,10-11,13H2,1-5H3/t20-,34-/m1/s1. The van der Waals surface area contributed by atoms with Gasteiger partial charge in [-0.3, -0.25) is 0 Å². The molecule has 0 bridgehead atoms. The fourth-order valence-electron chi connectivity index (χ4n) is 5.20. The van der Waals surface area contributed by atoms with Crippen molar-refractivity contribution in [3.05, 3.63) is 46.0 Å². The predicted molar refractivity (Wildman–Crippen MR) is 138 cm³/mol. The third-order valence-electron chi connectivity index (χ3n) is 7.14. The fourth-order valence-corrected chi connectivity index (χ4v) is 6.52. The summed E-state index contributed by atoms with van der Waals surface area (Å²) in [6.07, 6.45) is 6.55. The van der Waals surface area contributed by atoms with Crippen molar-refractivity contribution < 1.29 is 8.95 Å². The summed E-state index contributed by atoms with van der Waals surface area (Å²) >= 11 is 3.61. The first-order valence-electron chi connectivity index (χ1n) is 11.6. The molecule has 1 saturated heterocycles. The highest BCUT2D eigenvalue weighted by atomic mass is 79.9. The molecule has 1 aliphatic carbocycles. The average molecular weight is 548 g/mol. The Morgan fingerprint density at radius 2 is 2.03 bits per heavy atom. The molecule has 0 radical (unpaired) electrons. The van der Waals surface area contributed by atoms with Crippen molar-refractivity contribution in [2.24, 2.45) is 5.41 Å². The molecule has 0 amide bonds. The SMILES string of the molecule is COc1cc2c(cn1)[C@@H](N[S@](=O)C(C)(C)C)C1(CCN(c3nc(C)c(Br)n4nccc34)CC1)C2. The van der Waals surface area contributed by atoms with Crippen LogP contribution in [-0.4, -0.2) is 48.7 Å². The zero-order chi connectivity index (χ0) is 24.3. The summed E-state index contributed by atoms with van der Waals surface area (Å²) in [6.45, 7) is 9.75. The molecule has 34 heavy (non-hydrogen) atoms. The second-order valence-corrected chi connectivity index (χ2v) is 13.1. The Bertz CT molecular complexity index is 1260. The first kappa shape index (κ1) is 23.7. The Balaban J connectivity index is 1.46. The summed E-state index contributed by atoms with van der Waals surface area (Å²) in [6, 6.07) is 4.04. The van der Waals surface area contributed by atoms with Gasteiger partial charge in [0.15, 0.2) is 5.82 Å². The summed E-state index contributed by atoms with van der Waals surface area (Å²) in [5, 5.41) is 4.46. The van der Waals surface area contributed by atoms with E-state index in [-0.39, 0.29) is 16.2 Å². The van der Waals surface area contributed by atoms with Crippen molar-refractivity contribution in [3.8, 4) is 5.88 Å². The third-order valence-corrected chi connectivity index (χ3v) is 9.62. The molecule has 0 aromatic carbocycles. The maximum Gasteiger partial charge on any atom is 0.213 e. The number of pyridine rings is 1. The molecule has 2 aliphatic rings. The number of piperidine rings is 1. The summed E-state index contributed by atoms with van der Waals surface area (Å²) in [5.41, 5.74) is 4.26. The zero-order valence-electron chi connectivity index (χ0n) is 20.3. The van der Waals surface area contributed by atoms with Crippen LogP contribution >= 0.6 is 15.9 Å². The molecule has 1 aliphatic heterocycles. The lowest BCUT2D eigenvalue weighted by molar-refractivity contribution is 0.177. The topological polar surface area (TPSA) is 84.6 Å². The van der Waals surface area contributed by atoms with E-state index in [4.69, 9.17) is 9.72 Å². The number of fused-ring (bicyclic) bond motifs is 2. The minimum absolute atomic E-state index is 0.0160. The van der Waals surface area contributed by atoms with Gasteiger partial charge in [-0.05, 0) is 85.5 Å². The number of nitrogens with one attached hydrogen (secondary N) is 1. The third kappa shape index (κ3) is 3.93. The number of anilines is 1. The van der Waals surface area contributed by atoms with Crippen LogP contribution in [-0.2, 0) is 17.4 Å². The van der Waals surface area contributed by atoms with Crippen LogP contribution in [0.15, 0.2) is 29.1 Å². The van der Waals surface area contributed by atoms with Crippen LogP contribution in [0.4, 0.5) is 5.82 Å². The zero-order valence-corrected chi connectivity index (χ0v) is 22.7. The van der Waals surface area contributed by atoms with Gasteiger partial charge in [0.2, 0.25) is 5.88 Å². The van der Waals surface area contributed by atoms with E-state index in [1.54, 1.807) is 7.11 Å². The molecule has 0 saturated carbocycles. The maximum absolute atomic E-state index is 13.2. The molecular formula is C24H31BrN6O2S. The molecule has 10 heteroatoms. The van der Waals surface area contributed by atoms with E-state index in [0.29, 0.717) is 5.88 Å². The van der Waals surface area contributed by atoms with Gasteiger partial charge in [0.05, 0.1) is 40.8 Å². The highest BCUT2D eigenvalue weighted by Gasteiger charge is 2.49. The van der Waals surface area contributed by atoms with Gasteiger partial charge in [-0.2, -0.15) is 5.10 Å². The predicted octanol–water partition coefficient (Wildman–Crippen LogP) is 4.14. The number of ether oxygens (including phenoxy) is 1. The van der Waals surface area contributed by atoms with E-state index in [1.807, 2.05) is 56.7 Å². The van der Waals surface area contributed by atoms with Crippen LogP contribution in [0, 0.1) is 12.3 Å². The molecule has 3 aromatic rings. The number of aryl methyl sites for hydroxylation is 1. The smallest absolute Gasteiger partial charge is 0.213 e. The molecule has 3 aromatic heterocycles. The molecule has 182 valence electrons. The number of nitrogens with zero attached hydrogens (tertiary/aromatic N) is 5. The number of rotatable bonds is 4. The van der Waals surface area contributed by atoms with Gasteiger partial charge in [-0.1, -0.05) is 0 Å². The Kier molecular flexibility index (Phi) is 5.97. The van der Waals surface area contributed by atoms with Gasteiger partial charge in [0.25, 0.3) is 0 Å². The number of hydrogen-bond donors (Lipinski definition) is 1. The molecule has 1 fully saturated rings. The first-order chi connectivity index (χ1) is 16.1. The van der Waals surface area contributed by atoms with Gasteiger partial charge in [0.1, 0.15) is 10.1 Å². The Morgan fingerprint density at radius 1 is 1.29 bits per heavy atom. The monoisotopic (exact) mass is 546 g/mol. The van der Waals surface area contributed by atoms with Crippen molar-refractivity contribution in [2.45, 2.75) is 57.7 Å². The molecule has 0 unspecified atom stereocenters. The Morgan fingerprint density at radius 3 is 2.71 bits per heavy atom. The number of aromatic nitrogens is 4. The maximum atomic E-state index is 13.2. The number of halogens is 1. The van der Waals surface area contributed by atoms with Gasteiger partial charge >= 0.3 is 0 Å². The normalized spacial score (nSPS) is 20.6. The molecule has 1 spiro atoms. The summed E-state index contributed by atoms with van der Waals surface area (Å²) in [4.78, 5) is 11.7. The molecular weight excluding hydrogens is 516 g/mol. The van der Waals surface area contributed by atoms with E-state index in [2.05, 4.69) is 35.6 Å². The highest BCUT2D eigenvalue weighted by molar-refractivity contribution is 9.10. The van der Waals surface area contributed by atoms with E-state index in [1.165, 1.54) is 5.56 Å². The lowest BCUT2D eigenvalue weighted by Gasteiger charge is -2.44. The van der Waals surface area contributed by atoms with Crippen LogP contribution in [0.25, 0.3) is 5.52 Å². The van der Waals surface area contributed by atoms with Crippen molar-refractivity contribution in [1.29, 1.82) is 0 Å². The minimum atomic E-state index is -1.18. The quantitative estimate of drug-likeness (QED) is 0.529. The van der Waals surface area contributed by atoms with Crippen LogP contribution in [0.1, 0.15) is 56.5 Å². The molecule has 5 rings (SSSR count). The van der Waals surface area contributed by atoms with Crippen LogP contribution in [0.2, 0.25) is 0 Å². The number of hydrogen-bond acceptors (Lipinski definition) is 6. The van der Waals surface area contributed by atoms with Crippen LogP contribution < -0.4 is 14.4 Å². The van der Waals surface area contributed by atoms with E-state index < -0.39 is 11.0 Å². The summed E-state index contributed by atoms with van der Waals surface area (Å²) in [7, 11) is 0.461. The van der Waals surface area contributed by atoms with Crippen molar-refractivity contribution in [2.75, 3.05) is 25.1 Å². The Hall–Kier alpha value is -2.04. The van der Waals surface area contributed by atoms with Crippen LogP contribution in [0.5, 0.6) is 5.88 Å². The molecule has 1 N–H and O–H groups in total. The lowest BCUT2D eigenvalue weighted by atomic mass is 9.73. The van der Waals surface area contributed by atoms with Crippen molar-refractivity contribution >= 4 is 38.3 Å². The van der Waals surface area contributed by atoms with E-state index >= 15 is 0 Å². The average Bonchev–Trinajstić information content (AvgIpc) is 3.40. The lowest BCUT2D eigenvalue weighted by Crippen LogP contribution is -2.48.